The summed E-state index contributed by atoms with van der Waals surface area (Å²) in [6, 6.07) is 2.87. The number of hydrogen-bond acceptors (Lipinski definition) is 5. The predicted molar refractivity (Wildman–Crippen MR) is 72.0 cm³/mol. The molecule has 0 aromatic carbocycles. The molecule has 0 saturated carbocycles. The van der Waals surface area contributed by atoms with Crippen LogP contribution >= 0.6 is 0 Å². The van der Waals surface area contributed by atoms with Crippen molar-refractivity contribution in [3.63, 3.8) is 0 Å². The van der Waals surface area contributed by atoms with Crippen molar-refractivity contribution in [1.82, 2.24) is 4.98 Å². The molecule has 0 radical (unpaired) electrons. The average Bonchev–Trinajstić information content (AvgIpc) is 2.24. The van der Waals surface area contributed by atoms with Crippen LogP contribution in [0.15, 0.2) is 23.4 Å². The molecule has 106 valence electrons. The summed E-state index contributed by atoms with van der Waals surface area (Å²) >= 11 is 0. The van der Waals surface area contributed by atoms with Crippen molar-refractivity contribution in [3.05, 3.63) is 18.3 Å². The lowest BCUT2D eigenvalue weighted by molar-refractivity contribution is 0.0589. The lowest BCUT2D eigenvalue weighted by Crippen LogP contribution is -2.34. The van der Waals surface area contributed by atoms with E-state index in [1.807, 2.05) is 0 Å². The molecule has 0 aliphatic rings. The Morgan fingerprint density at radius 1 is 1.37 bits per heavy atom. The number of sulfone groups is 1. The molecular weight excluding hydrogens is 268 g/mol. The summed E-state index contributed by atoms with van der Waals surface area (Å²) in [6.45, 7) is 5.27. The molecule has 6 nitrogen and oxygen atoms in total. The summed E-state index contributed by atoms with van der Waals surface area (Å²) in [5.74, 6) is 0. The van der Waals surface area contributed by atoms with E-state index in [4.69, 9.17) is 4.74 Å². The first-order chi connectivity index (χ1) is 8.50. The van der Waals surface area contributed by atoms with Gasteiger partial charge in [-0.3, -0.25) is 4.90 Å². The topological polar surface area (TPSA) is 76.6 Å². The summed E-state index contributed by atoms with van der Waals surface area (Å²) in [5, 5.41) is -0.0830. The average molecular weight is 286 g/mol. The monoisotopic (exact) mass is 286 g/mol. The van der Waals surface area contributed by atoms with Crippen LogP contribution in [0.2, 0.25) is 0 Å². The number of hydrogen-bond donors (Lipinski definition) is 0. The van der Waals surface area contributed by atoms with Crippen molar-refractivity contribution in [3.8, 4) is 0 Å². The first-order valence-corrected chi connectivity index (χ1v) is 7.53. The molecule has 0 aliphatic carbocycles. The molecule has 1 amide bonds. The number of anilines is 1. The van der Waals surface area contributed by atoms with E-state index in [0.29, 0.717) is 5.69 Å². The Balaban J connectivity index is 3.01. The zero-order valence-corrected chi connectivity index (χ0v) is 12.5. The minimum Gasteiger partial charge on any atom is -0.443 e. The Morgan fingerprint density at radius 3 is 2.42 bits per heavy atom. The summed E-state index contributed by atoms with van der Waals surface area (Å²) in [6.07, 6.45) is 1.84. The zero-order chi connectivity index (χ0) is 14.8. The fraction of sp³-hybridized carbons (Fsp3) is 0.500. The van der Waals surface area contributed by atoms with Gasteiger partial charge in [0.15, 0.2) is 14.9 Å². The molecule has 0 atom stereocenters. The van der Waals surface area contributed by atoms with Crippen LogP contribution in [-0.4, -0.2) is 38.4 Å². The summed E-state index contributed by atoms with van der Waals surface area (Å²) in [5.41, 5.74) is -0.206. The fourth-order valence-corrected chi connectivity index (χ4v) is 1.83. The fourth-order valence-electron chi connectivity index (χ4n) is 1.25. The first-order valence-electron chi connectivity index (χ1n) is 5.63. The quantitative estimate of drug-likeness (QED) is 0.829. The Bertz CT molecular complexity index is 576. The van der Waals surface area contributed by atoms with E-state index >= 15 is 0 Å². The highest BCUT2D eigenvalue weighted by Crippen LogP contribution is 2.18. The van der Waals surface area contributed by atoms with Crippen molar-refractivity contribution in [1.29, 1.82) is 0 Å². The minimum atomic E-state index is -3.41. The molecule has 1 aromatic rings. The first kappa shape index (κ1) is 15.4. The third kappa shape index (κ3) is 4.51. The second-order valence-corrected chi connectivity index (χ2v) is 7.13. The van der Waals surface area contributed by atoms with Crippen LogP contribution < -0.4 is 4.90 Å². The van der Waals surface area contributed by atoms with Gasteiger partial charge in [-0.15, -0.1) is 0 Å². The van der Waals surface area contributed by atoms with Crippen LogP contribution in [0.3, 0.4) is 0 Å². The molecule has 7 heteroatoms. The molecule has 19 heavy (non-hydrogen) atoms. The molecule has 0 bridgehead atoms. The largest absolute Gasteiger partial charge is 0.443 e. The molecule has 1 rings (SSSR count). The molecule has 1 heterocycles. The van der Waals surface area contributed by atoms with Crippen LogP contribution in [0, 0.1) is 0 Å². The Kier molecular flexibility index (Phi) is 4.19. The SMILES string of the molecule is CN(C(=O)OC(C)(C)C)c1ccnc(S(C)(=O)=O)c1. The van der Waals surface area contributed by atoms with Crippen molar-refractivity contribution in [2.45, 2.75) is 31.4 Å². The normalized spacial score (nSPS) is 12.1. The van der Waals surface area contributed by atoms with Gasteiger partial charge in [-0.2, -0.15) is 0 Å². The number of amides is 1. The maximum atomic E-state index is 11.9. The molecule has 0 spiro atoms. The third-order valence-corrected chi connectivity index (χ3v) is 3.14. The van der Waals surface area contributed by atoms with Gasteiger partial charge in [-0.1, -0.05) is 0 Å². The lowest BCUT2D eigenvalue weighted by Gasteiger charge is -2.24. The lowest BCUT2D eigenvalue weighted by atomic mass is 10.2. The van der Waals surface area contributed by atoms with Crippen molar-refractivity contribution in [2.75, 3.05) is 18.2 Å². The highest BCUT2D eigenvalue weighted by atomic mass is 32.2. The number of nitrogens with zero attached hydrogens (tertiary/aromatic N) is 2. The van der Waals surface area contributed by atoms with Crippen LogP contribution in [0.1, 0.15) is 20.8 Å². The number of aromatic nitrogens is 1. The number of carbonyl (C=O) groups is 1. The number of carbonyl (C=O) groups excluding carboxylic acids is 1. The van der Waals surface area contributed by atoms with Gasteiger partial charge >= 0.3 is 6.09 Å². The second kappa shape index (κ2) is 5.16. The molecule has 0 aliphatic heterocycles. The van der Waals surface area contributed by atoms with Gasteiger partial charge in [0.2, 0.25) is 0 Å². The molecule has 0 fully saturated rings. The molecule has 0 N–H and O–H groups in total. The van der Waals surface area contributed by atoms with Gasteiger partial charge in [0.1, 0.15) is 5.60 Å². The Hall–Kier alpha value is -1.63. The summed E-state index contributed by atoms with van der Waals surface area (Å²) < 4.78 is 28.0. The maximum absolute atomic E-state index is 11.9. The molecular formula is C12H18N2O4S. The van der Waals surface area contributed by atoms with Crippen molar-refractivity contribution >= 4 is 21.6 Å². The molecule has 0 unspecified atom stereocenters. The van der Waals surface area contributed by atoms with E-state index in [9.17, 15) is 13.2 Å². The van der Waals surface area contributed by atoms with E-state index in [1.54, 1.807) is 26.8 Å². The minimum absolute atomic E-state index is 0.0830. The Labute approximate surface area is 113 Å². The standard InChI is InChI=1S/C12H18N2O4S/c1-12(2,3)18-11(15)14(4)9-6-7-13-10(8-9)19(5,16)17/h6-8H,1-5H3. The zero-order valence-electron chi connectivity index (χ0n) is 11.7. The van der Waals surface area contributed by atoms with E-state index < -0.39 is 21.5 Å². The molecule has 0 saturated heterocycles. The predicted octanol–water partition coefficient (Wildman–Crippen LogP) is 1.86. The third-order valence-electron chi connectivity index (χ3n) is 2.15. The van der Waals surface area contributed by atoms with Gasteiger partial charge in [-0.25, -0.2) is 18.2 Å². The van der Waals surface area contributed by atoms with E-state index in [2.05, 4.69) is 4.98 Å². The number of rotatable bonds is 2. The summed E-state index contributed by atoms with van der Waals surface area (Å²) in [7, 11) is -1.90. The van der Waals surface area contributed by atoms with Crippen molar-refractivity contribution in [2.24, 2.45) is 0 Å². The van der Waals surface area contributed by atoms with Gasteiger partial charge < -0.3 is 4.74 Å². The van der Waals surface area contributed by atoms with Crippen LogP contribution in [0.25, 0.3) is 0 Å². The van der Waals surface area contributed by atoms with Gasteiger partial charge in [0.25, 0.3) is 0 Å². The smallest absolute Gasteiger partial charge is 0.414 e. The number of ether oxygens (including phenoxy) is 1. The van der Waals surface area contributed by atoms with Crippen LogP contribution in [0.5, 0.6) is 0 Å². The highest BCUT2D eigenvalue weighted by molar-refractivity contribution is 7.90. The van der Waals surface area contributed by atoms with Gasteiger partial charge in [0.05, 0.1) is 5.69 Å². The maximum Gasteiger partial charge on any atom is 0.414 e. The van der Waals surface area contributed by atoms with E-state index in [1.165, 1.54) is 24.2 Å². The molecule has 1 aromatic heterocycles. The summed E-state index contributed by atoms with van der Waals surface area (Å²) in [4.78, 5) is 16.9. The van der Waals surface area contributed by atoms with Crippen LogP contribution in [0.4, 0.5) is 10.5 Å². The Morgan fingerprint density at radius 2 is 1.95 bits per heavy atom. The van der Waals surface area contributed by atoms with E-state index in [0.717, 1.165) is 6.26 Å². The van der Waals surface area contributed by atoms with Crippen LogP contribution in [-0.2, 0) is 14.6 Å². The second-order valence-electron chi connectivity index (χ2n) is 5.16. The van der Waals surface area contributed by atoms with Gasteiger partial charge in [-0.05, 0) is 32.9 Å². The highest BCUT2D eigenvalue weighted by Gasteiger charge is 2.21. The van der Waals surface area contributed by atoms with Crippen molar-refractivity contribution < 1.29 is 17.9 Å². The van der Waals surface area contributed by atoms with Gasteiger partial charge in [0, 0.05) is 19.5 Å². The number of pyridine rings is 1. The van der Waals surface area contributed by atoms with E-state index in [-0.39, 0.29) is 5.03 Å².